The van der Waals surface area contributed by atoms with Gasteiger partial charge >= 0.3 is 5.69 Å². The number of hydrogen-bond acceptors (Lipinski definition) is 5. The summed E-state index contributed by atoms with van der Waals surface area (Å²) in [6, 6.07) is 5.97. The second-order valence-corrected chi connectivity index (χ2v) is 5.03. The van der Waals surface area contributed by atoms with Crippen molar-refractivity contribution in [1.29, 1.82) is 0 Å². The Balaban J connectivity index is 1.80. The van der Waals surface area contributed by atoms with Crippen LogP contribution in [0.25, 0.3) is 0 Å². The molecule has 0 amide bonds. The van der Waals surface area contributed by atoms with E-state index >= 15 is 0 Å². The van der Waals surface area contributed by atoms with Crippen molar-refractivity contribution in [3.05, 3.63) is 52.6 Å². The highest BCUT2D eigenvalue weighted by molar-refractivity contribution is 5.64. The van der Waals surface area contributed by atoms with Crippen LogP contribution in [0.1, 0.15) is 0 Å². The largest absolute Gasteiger partial charge is 0.373 e. The van der Waals surface area contributed by atoms with E-state index in [1.807, 2.05) is 12.3 Å². The molecule has 1 aliphatic heterocycles. The van der Waals surface area contributed by atoms with Gasteiger partial charge in [-0.3, -0.25) is 14.8 Å². The minimum atomic E-state index is -0.822. The molecule has 0 N–H and O–H groups in total. The van der Waals surface area contributed by atoms with Gasteiger partial charge in [-0.2, -0.15) is 9.49 Å². The number of hydrogen-bond donors (Lipinski definition) is 0. The molecule has 2 heterocycles. The predicted molar refractivity (Wildman–Crippen MR) is 77.2 cm³/mol. The quantitative estimate of drug-likeness (QED) is 0.636. The zero-order chi connectivity index (χ0) is 15.5. The van der Waals surface area contributed by atoms with Gasteiger partial charge in [-0.25, -0.2) is 0 Å². The van der Waals surface area contributed by atoms with Gasteiger partial charge < -0.3 is 9.64 Å². The monoisotopic (exact) mass is 306 g/mol. The average molecular weight is 306 g/mol. The smallest absolute Gasteiger partial charge is 0.327 e. The van der Waals surface area contributed by atoms with Gasteiger partial charge in [0.25, 0.3) is 0 Å². The fraction of sp³-hybridized carbons (Fsp3) is 0.357. The van der Waals surface area contributed by atoms with Crippen molar-refractivity contribution < 1.29 is 14.1 Å². The van der Waals surface area contributed by atoms with E-state index in [-0.39, 0.29) is 6.10 Å². The number of nitro groups is 1. The van der Waals surface area contributed by atoms with Crippen molar-refractivity contribution in [2.75, 3.05) is 24.6 Å². The van der Waals surface area contributed by atoms with Crippen LogP contribution in [0.15, 0.2) is 36.7 Å². The van der Waals surface area contributed by atoms with Crippen molar-refractivity contribution in [3.8, 4) is 0 Å². The molecule has 7 nitrogen and oxygen atoms in total. The van der Waals surface area contributed by atoms with Crippen LogP contribution in [0.3, 0.4) is 0 Å². The highest BCUT2D eigenvalue weighted by atomic mass is 19.1. The van der Waals surface area contributed by atoms with E-state index in [0.29, 0.717) is 31.9 Å². The molecule has 116 valence electrons. The molecule has 3 rings (SSSR count). The number of nitrogens with zero attached hydrogens (tertiary/aromatic N) is 4. The molecule has 1 unspecified atom stereocenters. The molecule has 8 heteroatoms. The first-order chi connectivity index (χ1) is 10.6. The van der Waals surface area contributed by atoms with Crippen LogP contribution in [-0.2, 0) is 11.3 Å². The maximum Gasteiger partial charge on any atom is 0.327 e. The van der Waals surface area contributed by atoms with Crippen molar-refractivity contribution in [1.82, 2.24) is 9.78 Å². The molecule has 0 saturated carbocycles. The Labute approximate surface area is 126 Å². The zero-order valence-corrected chi connectivity index (χ0v) is 11.8. The fourth-order valence-corrected chi connectivity index (χ4v) is 2.61. The Morgan fingerprint density at radius 2 is 2.32 bits per heavy atom. The molecule has 0 spiro atoms. The second-order valence-electron chi connectivity index (χ2n) is 5.03. The van der Waals surface area contributed by atoms with Crippen LogP contribution in [0, 0.1) is 15.9 Å². The van der Waals surface area contributed by atoms with E-state index in [0.717, 1.165) is 6.07 Å². The van der Waals surface area contributed by atoms with E-state index in [2.05, 4.69) is 5.10 Å². The molecule has 1 aliphatic rings. The lowest BCUT2D eigenvalue weighted by atomic mass is 10.2. The number of benzene rings is 1. The van der Waals surface area contributed by atoms with E-state index < -0.39 is 16.4 Å². The molecule has 1 atom stereocenters. The minimum absolute atomic E-state index is 0.156. The fourth-order valence-electron chi connectivity index (χ4n) is 2.61. The molecule has 22 heavy (non-hydrogen) atoms. The van der Waals surface area contributed by atoms with Crippen molar-refractivity contribution in [2.24, 2.45) is 0 Å². The summed E-state index contributed by atoms with van der Waals surface area (Å²) in [6.07, 6.45) is 3.35. The van der Waals surface area contributed by atoms with Gasteiger partial charge in [-0.1, -0.05) is 6.07 Å². The Bertz CT molecular complexity index is 662. The average Bonchev–Trinajstić information content (AvgIpc) is 3.00. The van der Waals surface area contributed by atoms with Crippen LogP contribution >= 0.6 is 0 Å². The second kappa shape index (κ2) is 6.10. The van der Waals surface area contributed by atoms with Gasteiger partial charge in [-0.05, 0) is 18.2 Å². The standard InChI is InChI=1S/C14H15FN4O3/c15-12-3-1-4-13(14(12)19(20)21)17-7-8-22-11(9-17)10-18-6-2-5-16-18/h1-6,11H,7-10H2. The van der Waals surface area contributed by atoms with Gasteiger partial charge in [0.2, 0.25) is 5.82 Å². The number of rotatable bonds is 4. The summed E-state index contributed by atoms with van der Waals surface area (Å²) in [6.45, 7) is 1.91. The molecule has 0 bridgehead atoms. The maximum atomic E-state index is 13.7. The predicted octanol–water partition coefficient (Wildman–Crippen LogP) is 1.84. The number of halogens is 1. The van der Waals surface area contributed by atoms with Gasteiger partial charge in [0.05, 0.1) is 24.2 Å². The molecule has 2 aromatic rings. The Kier molecular flexibility index (Phi) is 4.01. The summed E-state index contributed by atoms with van der Waals surface area (Å²) >= 11 is 0. The third-order valence-corrected chi connectivity index (χ3v) is 3.58. The molecule has 1 saturated heterocycles. The molecule has 1 fully saturated rings. The number of anilines is 1. The van der Waals surface area contributed by atoms with E-state index in [4.69, 9.17) is 4.74 Å². The minimum Gasteiger partial charge on any atom is -0.373 e. The Hall–Kier alpha value is -2.48. The van der Waals surface area contributed by atoms with Crippen LogP contribution in [0.4, 0.5) is 15.8 Å². The molecular weight excluding hydrogens is 291 g/mol. The first kappa shape index (κ1) is 14.5. The third-order valence-electron chi connectivity index (χ3n) is 3.58. The highest BCUT2D eigenvalue weighted by Gasteiger charge is 2.28. The lowest BCUT2D eigenvalue weighted by molar-refractivity contribution is -0.386. The zero-order valence-electron chi connectivity index (χ0n) is 11.8. The first-order valence-corrected chi connectivity index (χ1v) is 6.92. The van der Waals surface area contributed by atoms with Crippen LogP contribution < -0.4 is 4.90 Å². The van der Waals surface area contributed by atoms with E-state index in [9.17, 15) is 14.5 Å². The maximum absolute atomic E-state index is 13.7. The molecular formula is C14H15FN4O3. The van der Waals surface area contributed by atoms with Gasteiger partial charge in [0.1, 0.15) is 5.69 Å². The molecule has 1 aromatic heterocycles. The lowest BCUT2D eigenvalue weighted by Gasteiger charge is -2.34. The normalized spacial score (nSPS) is 18.4. The van der Waals surface area contributed by atoms with Gasteiger partial charge in [-0.15, -0.1) is 0 Å². The topological polar surface area (TPSA) is 73.4 Å². The number of aromatic nitrogens is 2. The number of ether oxygens (including phenoxy) is 1. The molecule has 1 aromatic carbocycles. The SMILES string of the molecule is O=[N+]([O-])c1c(F)cccc1N1CCOC(Cn2cccn2)C1. The summed E-state index contributed by atoms with van der Waals surface area (Å²) in [5.74, 6) is -0.822. The van der Waals surface area contributed by atoms with Gasteiger partial charge in [0, 0.05) is 25.5 Å². The summed E-state index contributed by atoms with van der Waals surface area (Å²) in [5, 5.41) is 15.2. The first-order valence-electron chi connectivity index (χ1n) is 6.92. The number of morpholine rings is 1. The van der Waals surface area contributed by atoms with E-state index in [1.165, 1.54) is 6.07 Å². The third kappa shape index (κ3) is 2.91. The summed E-state index contributed by atoms with van der Waals surface area (Å²) in [5.41, 5.74) is -0.194. The summed E-state index contributed by atoms with van der Waals surface area (Å²) in [4.78, 5) is 12.2. The van der Waals surface area contributed by atoms with Crippen molar-refractivity contribution in [3.63, 3.8) is 0 Å². The van der Waals surface area contributed by atoms with Crippen LogP contribution in [0.2, 0.25) is 0 Å². The summed E-state index contributed by atoms with van der Waals surface area (Å²) in [7, 11) is 0. The number of nitro benzene ring substituents is 1. The molecule has 0 radical (unpaired) electrons. The van der Waals surface area contributed by atoms with Crippen molar-refractivity contribution in [2.45, 2.75) is 12.6 Å². The lowest BCUT2D eigenvalue weighted by Crippen LogP contribution is -2.44. The highest BCUT2D eigenvalue weighted by Crippen LogP contribution is 2.31. The van der Waals surface area contributed by atoms with Crippen LogP contribution in [-0.4, -0.2) is 40.5 Å². The summed E-state index contributed by atoms with van der Waals surface area (Å²) < 4.78 is 21.2. The molecule has 0 aliphatic carbocycles. The van der Waals surface area contributed by atoms with E-state index in [1.54, 1.807) is 21.8 Å². The number of para-hydroxylation sites is 1. The van der Waals surface area contributed by atoms with Crippen molar-refractivity contribution >= 4 is 11.4 Å². The Morgan fingerprint density at radius 1 is 1.45 bits per heavy atom. The van der Waals surface area contributed by atoms with Crippen LogP contribution in [0.5, 0.6) is 0 Å². The van der Waals surface area contributed by atoms with Gasteiger partial charge in [0.15, 0.2) is 0 Å². The Morgan fingerprint density at radius 3 is 3.05 bits per heavy atom.